The van der Waals surface area contributed by atoms with Crippen molar-refractivity contribution in [1.82, 2.24) is 9.62 Å². The Morgan fingerprint density at radius 2 is 1.90 bits per heavy atom. The Bertz CT molecular complexity index is 1230. The summed E-state index contributed by atoms with van der Waals surface area (Å²) in [5, 5.41) is 26.0. The molecule has 10 nitrogen and oxygen atoms in total. The fraction of sp³-hybridized carbons (Fsp3) is 0.500. The summed E-state index contributed by atoms with van der Waals surface area (Å²) < 4.78 is 40.3. The number of carbonyl (C=O) groups is 1. The molecule has 1 aliphatic heterocycles. The number of aliphatic hydroxyl groups excluding tert-OH is 1. The van der Waals surface area contributed by atoms with Gasteiger partial charge >= 0.3 is 247 Å². The van der Waals surface area contributed by atoms with Crippen LogP contribution in [0.5, 0.6) is 0 Å². The van der Waals surface area contributed by atoms with Crippen molar-refractivity contribution in [3.05, 3.63) is 63.7 Å². The number of sulfonamides is 1. The van der Waals surface area contributed by atoms with Crippen LogP contribution >= 0.6 is 0 Å². The van der Waals surface area contributed by atoms with Gasteiger partial charge in [0.1, 0.15) is 0 Å². The number of hydrogen-bond acceptors (Lipinski definition) is 8. The van der Waals surface area contributed by atoms with Gasteiger partial charge in [-0.25, -0.2) is 0 Å². The van der Waals surface area contributed by atoms with Crippen molar-refractivity contribution in [3.63, 3.8) is 0 Å². The van der Waals surface area contributed by atoms with Crippen LogP contribution in [0.3, 0.4) is 0 Å². The molecule has 1 amide bonds. The molecular weight excluding hydrogens is 649 g/mol. The molecule has 220 valence electrons. The van der Waals surface area contributed by atoms with Gasteiger partial charge in [0.2, 0.25) is 0 Å². The number of fused-ring (bicyclic) bond motifs is 1. The van der Waals surface area contributed by atoms with E-state index in [2.05, 4.69) is 10.5 Å². The van der Waals surface area contributed by atoms with E-state index in [-0.39, 0.29) is 36.1 Å². The predicted molar refractivity (Wildman–Crippen MR) is 145 cm³/mol. The number of rotatable bonds is 12. The fourth-order valence-corrected chi connectivity index (χ4v) is 9.33. The number of carbonyl (C=O) groups excluding carboxylic acids is 1. The number of amides is 1. The van der Waals surface area contributed by atoms with E-state index in [9.17, 15) is 18.3 Å². The number of aliphatic hydroxyl groups is 1. The summed E-state index contributed by atoms with van der Waals surface area (Å²) in [4.78, 5) is 13.0. The van der Waals surface area contributed by atoms with Crippen LogP contribution in [0.2, 0.25) is 0 Å². The molecule has 0 aromatic heterocycles. The van der Waals surface area contributed by atoms with Crippen LogP contribution in [0.25, 0.3) is 0 Å². The number of alkyl halides is 1. The van der Waals surface area contributed by atoms with E-state index in [1.807, 2.05) is 44.2 Å². The van der Waals surface area contributed by atoms with Gasteiger partial charge in [-0.15, -0.1) is 0 Å². The summed E-state index contributed by atoms with van der Waals surface area (Å²) in [6, 6.07) is 15.5. The summed E-state index contributed by atoms with van der Waals surface area (Å²) in [6.45, 7) is 4.55. The topological polar surface area (TPSA) is 138 Å². The van der Waals surface area contributed by atoms with Gasteiger partial charge in [0, 0.05) is 0 Å². The summed E-state index contributed by atoms with van der Waals surface area (Å²) in [5.41, 5.74) is 0.546. The quantitative estimate of drug-likeness (QED) is 0.0719. The molecule has 2 aromatic rings. The Labute approximate surface area is 246 Å². The van der Waals surface area contributed by atoms with Crippen LogP contribution in [0.4, 0.5) is 4.79 Å². The number of alkyl carbamates (subject to hydrolysis) is 1. The molecule has 1 saturated heterocycles. The average molecular weight is 687 g/mol. The molecule has 2 aliphatic rings. The van der Waals surface area contributed by atoms with Crippen molar-refractivity contribution in [2.45, 2.75) is 60.4 Å². The van der Waals surface area contributed by atoms with Crippen LogP contribution in [-0.4, -0.2) is 77.4 Å². The molecule has 2 aromatic carbocycles. The molecule has 1 heterocycles. The third-order valence-corrected chi connectivity index (χ3v) is 12.0. The molecule has 4 rings (SSSR count). The second-order valence-electron chi connectivity index (χ2n) is 10.5. The van der Waals surface area contributed by atoms with Crippen molar-refractivity contribution < 1.29 is 54.2 Å². The van der Waals surface area contributed by atoms with Gasteiger partial charge < -0.3 is 0 Å². The molecule has 3 N–H and O–H groups in total. The summed E-state index contributed by atoms with van der Waals surface area (Å²) in [7, 11) is -3.96. The van der Waals surface area contributed by atoms with Crippen molar-refractivity contribution in [1.29, 1.82) is 0 Å². The summed E-state index contributed by atoms with van der Waals surface area (Å²) in [6.07, 6.45) is 1.75. The maximum absolute atomic E-state index is 13.6. The number of ether oxygens (including phenoxy) is 2. The van der Waals surface area contributed by atoms with Crippen molar-refractivity contribution in [2.24, 2.45) is 17.0 Å². The first-order valence-corrected chi connectivity index (χ1v) is 17.1. The Kier molecular flexibility index (Phi) is 10.8. The molecule has 0 unspecified atom stereocenters. The van der Waals surface area contributed by atoms with E-state index >= 15 is 0 Å². The van der Waals surface area contributed by atoms with Crippen LogP contribution in [-0.2, 0) is 19.5 Å². The molecule has 40 heavy (non-hydrogen) atoms. The van der Waals surface area contributed by atoms with Crippen molar-refractivity contribution >= 4 is 22.3 Å². The first kappa shape index (κ1) is 30.7. The maximum atomic E-state index is 13.6. The molecule has 5 atom stereocenters. The first-order valence-electron chi connectivity index (χ1n) is 13.4. The average Bonchev–Trinajstić information content (AvgIpc) is 3.51. The summed E-state index contributed by atoms with van der Waals surface area (Å²) >= 11 is -0.943. The van der Waals surface area contributed by atoms with Crippen LogP contribution in [0, 0.1) is 15.4 Å². The van der Waals surface area contributed by atoms with Crippen molar-refractivity contribution in [3.8, 4) is 0 Å². The van der Waals surface area contributed by atoms with Gasteiger partial charge in [0.15, 0.2) is 0 Å². The van der Waals surface area contributed by atoms with Gasteiger partial charge in [0.25, 0.3) is 0 Å². The number of nitrogens with one attached hydrogen (secondary N) is 1. The molecule has 1 aliphatic carbocycles. The molecule has 0 spiro atoms. The number of hydrogen-bond donors (Lipinski definition) is 3. The van der Waals surface area contributed by atoms with E-state index in [4.69, 9.17) is 14.7 Å². The molecule has 2 fully saturated rings. The normalized spacial score (nSPS) is 22.6. The zero-order valence-corrected chi connectivity index (χ0v) is 25.6. The monoisotopic (exact) mass is 686 g/mol. The van der Waals surface area contributed by atoms with Gasteiger partial charge in [-0.05, 0) is 0 Å². The van der Waals surface area contributed by atoms with E-state index in [1.165, 1.54) is 22.7 Å². The molecule has 0 radical (unpaired) electrons. The van der Waals surface area contributed by atoms with E-state index in [0.717, 1.165) is 23.0 Å². The van der Waals surface area contributed by atoms with E-state index in [0.29, 0.717) is 17.9 Å². The number of benzene rings is 2. The minimum atomic E-state index is -3.96. The van der Waals surface area contributed by atoms with Crippen LogP contribution < -0.4 is 26.5 Å². The zero-order valence-electron chi connectivity index (χ0n) is 22.6. The molecule has 0 bridgehead atoms. The minimum absolute atomic E-state index is 0.00740. The fourth-order valence-electron chi connectivity index (χ4n) is 5.05. The predicted octanol–water partition coefficient (Wildman–Crippen LogP) is 0.0809. The molecular formula is C28H37IN3O7S-. The second-order valence-corrected chi connectivity index (χ2v) is 15.7. The van der Waals surface area contributed by atoms with Gasteiger partial charge in [0.05, 0.1) is 0 Å². The zero-order chi connectivity index (χ0) is 28.7. The standard InChI is InChI=1S/C28H37IN3O7S/c1-19(2)17-32(40(36,37)24-10-8-20(9-11-24)16-30-35)18-25(33)27(29-22-6-4-3-5-7-22)31-28(34)39-23-14-21-12-13-38-26(21)15-23/h3-11,16,19,21,23,25-27,33,35H,12-15,17-18H2,1-2H3,(H,31,34)/q-1/b30-16-/t21-,23+,25+,26+,27+/m0/s1. The van der Waals surface area contributed by atoms with Gasteiger partial charge in [-0.1, -0.05) is 0 Å². The third-order valence-electron chi connectivity index (χ3n) is 6.94. The van der Waals surface area contributed by atoms with E-state index < -0.39 is 47.5 Å². The third kappa shape index (κ3) is 8.15. The number of oxime groups is 1. The van der Waals surface area contributed by atoms with Crippen LogP contribution in [0.15, 0.2) is 64.6 Å². The van der Waals surface area contributed by atoms with Crippen LogP contribution in [0.1, 0.15) is 38.7 Å². The first-order chi connectivity index (χ1) is 19.2. The SMILES string of the molecule is CC(C)CN(C[C@@H](O)[C@@H](NC(=O)O[C@@H]1C[C@@H]2CCO[C@@H]2C1)[I-]c1ccccc1)S(=O)(=O)c1ccc(/C=N\O)cc1. The Hall–Kier alpha value is -2.26. The molecule has 12 heteroatoms. The number of nitrogens with zero attached hydrogens (tertiary/aromatic N) is 2. The Balaban J connectivity index is 1.49. The molecule has 1 saturated carbocycles. The number of halogens is 1. The Morgan fingerprint density at radius 3 is 2.55 bits per heavy atom. The van der Waals surface area contributed by atoms with Crippen molar-refractivity contribution in [2.75, 3.05) is 19.7 Å². The van der Waals surface area contributed by atoms with Gasteiger partial charge in [-0.2, -0.15) is 0 Å². The van der Waals surface area contributed by atoms with Gasteiger partial charge in [-0.3, -0.25) is 0 Å². The summed E-state index contributed by atoms with van der Waals surface area (Å²) in [5.74, 6) is 0.405. The van der Waals surface area contributed by atoms with E-state index in [1.54, 1.807) is 12.1 Å². The Morgan fingerprint density at radius 1 is 1.18 bits per heavy atom. The second kappa shape index (κ2) is 14.1.